The van der Waals surface area contributed by atoms with Crippen LogP contribution in [0, 0.1) is 0 Å². The summed E-state index contributed by atoms with van der Waals surface area (Å²) in [4.78, 5) is 37.5. The van der Waals surface area contributed by atoms with E-state index in [9.17, 15) is 14.4 Å². The third kappa shape index (κ3) is 4.86. The largest absolute Gasteiger partial charge is 0.332 e. The molecular weight excluding hydrogens is 248 g/mol. The van der Waals surface area contributed by atoms with Crippen LogP contribution in [0.2, 0.25) is 0 Å². The second-order valence-corrected chi connectivity index (χ2v) is 4.60. The molecule has 1 fully saturated rings. The van der Waals surface area contributed by atoms with Crippen molar-refractivity contribution in [2.45, 2.75) is 32.6 Å². The van der Waals surface area contributed by atoms with Crippen LogP contribution < -0.4 is 11.3 Å². The molecule has 0 saturated carbocycles. The molecule has 19 heavy (non-hydrogen) atoms. The van der Waals surface area contributed by atoms with Gasteiger partial charge in [0, 0.05) is 19.5 Å². The lowest BCUT2D eigenvalue weighted by Gasteiger charge is -2.33. The van der Waals surface area contributed by atoms with Gasteiger partial charge in [-0.2, -0.15) is 0 Å². The van der Waals surface area contributed by atoms with Crippen LogP contribution in [0.25, 0.3) is 0 Å². The number of nitrogens with two attached hydrogens (primary N) is 1. The van der Waals surface area contributed by atoms with E-state index in [0.717, 1.165) is 19.3 Å². The number of rotatable bonds is 7. The average molecular weight is 270 g/mol. The standard InChI is InChI=1S/C12H22N4O3/c1-2-15-8-12(19)16(9-11(15)18)7-5-3-4-6-10(17)14-13/h2-9,13H2,1H3,(H,14,17). The molecule has 0 aromatic heterocycles. The minimum atomic E-state index is -0.178. The van der Waals surface area contributed by atoms with Crippen molar-refractivity contribution in [3.8, 4) is 0 Å². The average Bonchev–Trinajstić information content (AvgIpc) is 2.41. The number of hydrogen-bond acceptors (Lipinski definition) is 4. The first-order valence-electron chi connectivity index (χ1n) is 6.63. The highest BCUT2D eigenvalue weighted by atomic mass is 16.2. The number of piperazine rings is 1. The maximum Gasteiger partial charge on any atom is 0.242 e. The highest BCUT2D eigenvalue weighted by Gasteiger charge is 2.28. The Morgan fingerprint density at radius 2 is 1.79 bits per heavy atom. The summed E-state index contributed by atoms with van der Waals surface area (Å²) in [5.41, 5.74) is 2.08. The predicted molar refractivity (Wildman–Crippen MR) is 69.6 cm³/mol. The Morgan fingerprint density at radius 3 is 2.42 bits per heavy atom. The summed E-state index contributed by atoms with van der Waals surface area (Å²) in [6, 6.07) is 0. The fourth-order valence-corrected chi connectivity index (χ4v) is 2.03. The normalized spacial score (nSPS) is 15.9. The summed E-state index contributed by atoms with van der Waals surface area (Å²) in [5, 5.41) is 0. The van der Waals surface area contributed by atoms with Crippen molar-refractivity contribution in [3.63, 3.8) is 0 Å². The van der Waals surface area contributed by atoms with Gasteiger partial charge in [0.05, 0.1) is 13.1 Å². The zero-order chi connectivity index (χ0) is 14.3. The van der Waals surface area contributed by atoms with E-state index < -0.39 is 0 Å². The van der Waals surface area contributed by atoms with E-state index in [2.05, 4.69) is 5.43 Å². The molecule has 0 aromatic rings. The lowest BCUT2D eigenvalue weighted by Crippen LogP contribution is -2.53. The molecule has 0 spiro atoms. The number of nitrogens with one attached hydrogen (secondary N) is 1. The Bertz CT molecular complexity index is 346. The van der Waals surface area contributed by atoms with Gasteiger partial charge in [-0.1, -0.05) is 6.42 Å². The minimum Gasteiger partial charge on any atom is -0.332 e. The van der Waals surface area contributed by atoms with Gasteiger partial charge in [0.15, 0.2) is 0 Å². The molecular formula is C12H22N4O3. The van der Waals surface area contributed by atoms with Crippen molar-refractivity contribution in [2.24, 2.45) is 5.84 Å². The third-order valence-electron chi connectivity index (χ3n) is 3.23. The van der Waals surface area contributed by atoms with E-state index in [-0.39, 0.29) is 30.8 Å². The van der Waals surface area contributed by atoms with Gasteiger partial charge < -0.3 is 9.80 Å². The quantitative estimate of drug-likeness (QED) is 0.275. The monoisotopic (exact) mass is 270 g/mol. The molecule has 7 heteroatoms. The van der Waals surface area contributed by atoms with Crippen LogP contribution in [0.1, 0.15) is 32.6 Å². The van der Waals surface area contributed by atoms with Crippen LogP contribution in [0.3, 0.4) is 0 Å². The number of hydrazine groups is 1. The molecule has 1 rings (SSSR count). The lowest BCUT2D eigenvalue weighted by molar-refractivity contribution is -0.149. The number of amides is 3. The van der Waals surface area contributed by atoms with Gasteiger partial charge >= 0.3 is 0 Å². The fourth-order valence-electron chi connectivity index (χ4n) is 2.03. The van der Waals surface area contributed by atoms with Gasteiger partial charge in [0.25, 0.3) is 0 Å². The first kappa shape index (κ1) is 15.4. The maximum atomic E-state index is 11.8. The van der Waals surface area contributed by atoms with E-state index >= 15 is 0 Å². The van der Waals surface area contributed by atoms with E-state index in [0.29, 0.717) is 19.5 Å². The molecule has 0 atom stereocenters. The highest BCUT2D eigenvalue weighted by molar-refractivity contribution is 5.92. The molecule has 3 amide bonds. The van der Waals surface area contributed by atoms with Gasteiger partial charge in [-0.3, -0.25) is 19.8 Å². The molecule has 3 N–H and O–H groups in total. The Morgan fingerprint density at radius 1 is 1.16 bits per heavy atom. The van der Waals surface area contributed by atoms with Crippen molar-refractivity contribution in [1.82, 2.24) is 15.2 Å². The predicted octanol–water partition coefficient (Wildman–Crippen LogP) is -0.773. The second-order valence-electron chi connectivity index (χ2n) is 4.60. The van der Waals surface area contributed by atoms with Crippen LogP contribution in [-0.4, -0.2) is 53.7 Å². The van der Waals surface area contributed by atoms with Gasteiger partial charge in [0.1, 0.15) is 0 Å². The summed E-state index contributed by atoms with van der Waals surface area (Å²) in [5.74, 6) is 4.80. The van der Waals surface area contributed by atoms with Crippen LogP contribution in [0.15, 0.2) is 0 Å². The zero-order valence-corrected chi connectivity index (χ0v) is 11.4. The van der Waals surface area contributed by atoms with E-state index in [1.807, 2.05) is 6.92 Å². The number of nitrogens with zero attached hydrogens (tertiary/aromatic N) is 2. The van der Waals surface area contributed by atoms with E-state index in [1.165, 1.54) is 0 Å². The summed E-state index contributed by atoms with van der Waals surface area (Å²) >= 11 is 0. The summed E-state index contributed by atoms with van der Waals surface area (Å²) in [6.45, 7) is 3.38. The molecule has 1 saturated heterocycles. The first-order chi connectivity index (χ1) is 9.08. The zero-order valence-electron chi connectivity index (χ0n) is 11.4. The van der Waals surface area contributed by atoms with Crippen molar-refractivity contribution in [2.75, 3.05) is 26.2 Å². The summed E-state index contributed by atoms with van der Waals surface area (Å²) in [7, 11) is 0. The SMILES string of the molecule is CCN1CC(=O)N(CCCCCC(=O)NN)CC1=O. The number of likely N-dealkylation sites (N-methyl/N-ethyl adjacent to an activating group) is 1. The Labute approximate surface area is 113 Å². The molecule has 7 nitrogen and oxygen atoms in total. The molecule has 108 valence electrons. The molecule has 0 unspecified atom stereocenters. The number of carbonyl (C=O) groups excluding carboxylic acids is 3. The smallest absolute Gasteiger partial charge is 0.242 e. The fraction of sp³-hybridized carbons (Fsp3) is 0.750. The van der Waals surface area contributed by atoms with Crippen LogP contribution >= 0.6 is 0 Å². The van der Waals surface area contributed by atoms with Crippen LogP contribution in [-0.2, 0) is 14.4 Å². The molecule has 0 aromatic carbocycles. The summed E-state index contributed by atoms with van der Waals surface area (Å²) in [6.07, 6.45) is 2.76. The van der Waals surface area contributed by atoms with Gasteiger partial charge in [-0.15, -0.1) is 0 Å². The first-order valence-corrected chi connectivity index (χ1v) is 6.63. The van der Waals surface area contributed by atoms with Gasteiger partial charge in [-0.05, 0) is 19.8 Å². The minimum absolute atomic E-state index is 0.00107. The Balaban J connectivity index is 2.21. The molecule has 0 radical (unpaired) electrons. The molecule has 1 aliphatic rings. The van der Waals surface area contributed by atoms with E-state index in [1.54, 1.807) is 9.80 Å². The van der Waals surface area contributed by atoms with Crippen molar-refractivity contribution >= 4 is 17.7 Å². The number of unbranched alkanes of at least 4 members (excludes halogenated alkanes) is 2. The van der Waals surface area contributed by atoms with Gasteiger partial charge in [0.2, 0.25) is 17.7 Å². The van der Waals surface area contributed by atoms with Crippen molar-refractivity contribution < 1.29 is 14.4 Å². The maximum absolute atomic E-state index is 11.8. The van der Waals surface area contributed by atoms with Crippen molar-refractivity contribution in [1.29, 1.82) is 0 Å². The number of hydrogen-bond donors (Lipinski definition) is 2. The molecule has 1 aliphatic heterocycles. The third-order valence-corrected chi connectivity index (χ3v) is 3.23. The molecule has 1 heterocycles. The Kier molecular flexibility index (Phi) is 6.27. The highest BCUT2D eigenvalue weighted by Crippen LogP contribution is 2.07. The Hall–Kier alpha value is -1.63. The van der Waals surface area contributed by atoms with Gasteiger partial charge in [-0.25, -0.2) is 5.84 Å². The topological polar surface area (TPSA) is 95.7 Å². The second kappa shape index (κ2) is 7.73. The van der Waals surface area contributed by atoms with Crippen LogP contribution in [0.4, 0.5) is 0 Å². The number of carbonyl (C=O) groups is 3. The molecule has 0 bridgehead atoms. The summed E-state index contributed by atoms with van der Waals surface area (Å²) < 4.78 is 0. The van der Waals surface area contributed by atoms with Crippen molar-refractivity contribution in [3.05, 3.63) is 0 Å². The molecule has 0 aliphatic carbocycles. The van der Waals surface area contributed by atoms with Crippen LogP contribution in [0.5, 0.6) is 0 Å². The van der Waals surface area contributed by atoms with E-state index in [4.69, 9.17) is 5.84 Å². The lowest BCUT2D eigenvalue weighted by atomic mass is 10.1.